The molecule has 2 unspecified atom stereocenters. The summed E-state index contributed by atoms with van der Waals surface area (Å²) in [5, 5.41) is 0. The number of morpholine rings is 1. The van der Waals surface area contributed by atoms with E-state index in [1.54, 1.807) is 0 Å². The first-order valence-electron chi connectivity index (χ1n) is 9.63. The predicted octanol–water partition coefficient (Wildman–Crippen LogP) is -0.103. The Kier molecular flexibility index (Phi) is 5.96. The van der Waals surface area contributed by atoms with E-state index in [1.165, 1.54) is 0 Å². The molecule has 25 heavy (non-hydrogen) atoms. The molecule has 3 aliphatic rings. The van der Waals surface area contributed by atoms with Crippen molar-refractivity contribution in [3.05, 3.63) is 0 Å². The molecular formula is C18H32N4O3. The fourth-order valence-corrected chi connectivity index (χ4v) is 4.21. The molecule has 142 valence electrons. The van der Waals surface area contributed by atoms with Crippen LogP contribution in [-0.4, -0.2) is 91.1 Å². The Bertz CT molecular complexity index is 483. The van der Waals surface area contributed by atoms with Gasteiger partial charge < -0.3 is 20.3 Å². The molecule has 2 saturated heterocycles. The predicted molar refractivity (Wildman–Crippen MR) is 95.0 cm³/mol. The smallest absolute Gasteiger partial charge is 0.236 e. The summed E-state index contributed by atoms with van der Waals surface area (Å²) >= 11 is 0. The van der Waals surface area contributed by atoms with E-state index < -0.39 is 5.54 Å². The SMILES string of the molecule is CC1(N)CCCCC1C(=O)N1CCN(C(=O)CN2CCOCC2)CC1. The van der Waals surface area contributed by atoms with Crippen LogP contribution in [0.25, 0.3) is 0 Å². The summed E-state index contributed by atoms with van der Waals surface area (Å²) in [6.07, 6.45) is 4.01. The van der Waals surface area contributed by atoms with E-state index in [-0.39, 0.29) is 17.7 Å². The molecule has 1 aliphatic carbocycles. The van der Waals surface area contributed by atoms with Gasteiger partial charge in [0.15, 0.2) is 0 Å². The zero-order valence-electron chi connectivity index (χ0n) is 15.4. The van der Waals surface area contributed by atoms with Gasteiger partial charge in [-0.05, 0) is 19.8 Å². The second kappa shape index (κ2) is 8.01. The third-order valence-electron chi connectivity index (χ3n) is 5.96. The lowest BCUT2D eigenvalue weighted by Crippen LogP contribution is -2.58. The van der Waals surface area contributed by atoms with Crippen molar-refractivity contribution in [1.29, 1.82) is 0 Å². The Hall–Kier alpha value is -1.18. The van der Waals surface area contributed by atoms with Gasteiger partial charge in [0, 0.05) is 44.8 Å². The Morgan fingerprint density at radius 1 is 1.04 bits per heavy atom. The van der Waals surface area contributed by atoms with Crippen LogP contribution in [0.4, 0.5) is 0 Å². The molecule has 2 amide bonds. The molecule has 0 spiro atoms. The maximum atomic E-state index is 12.9. The fourth-order valence-electron chi connectivity index (χ4n) is 4.21. The number of ether oxygens (including phenoxy) is 1. The minimum atomic E-state index is -0.390. The van der Waals surface area contributed by atoms with Crippen molar-refractivity contribution in [2.24, 2.45) is 11.7 Å². The number of hydrogen-bond donors (Lipinski definition) is 1. The van der Waals surface area contributed by atoms with Crippen molar-refractivity contribution in [3.63, 3.8) is 0 Å². The van der Waals surface area contributed by atoms with E-state index in [2.05, 4.69) is 4.90 Å². The summed E-state index contributed by atoms with van der Waals surface area (Å²) in [7, 11) is 0. The van der Waals surface area contributed by atoms with E-state index in [1.807, 2.05) is 16.7 Å². The number of amides is 2. The Morgan fingerprint density at radius 3 is 2.32 bits per heavy atom. The zero-order valence-corrected chi connectivity index (χ0v) is 15.4. The van der Waals surface area contributed by atoms with Gasteiger partial charge in [-0.25, -0.2) is 0 Å². The van der Waals surface area contributed by atoms with Crippen molar-refractivity contribution >= 4 is 11.8 Å². The lowest BCUT2D eigenvalue weighted by atomic mass is 9.74. The number of hydrogen-bond acceptors (Lipinski definition) is 5. The van der Waals surface area contributed by atoms with Gasteiger partial charge in [-0.3, -0.25) is 14.5 Å². The maximum Gasteiger partial charge on any atom is 0.236 e. The van der Waals surface area contributed by atoms with Crippen molar-refractivity contribution in [1.82, 2.24) is 14.7 Å². The van der Waals surface area contributed by atoms with Crippen LogP contribution in [-0.2, 0) is 14.3 Å². The molecule has 7 nitrogen and oxygen atoms in total. The number of rotatable bonds is 3. The van der Waals surface area contributed by atoms with Gasteiger partial charge in [0.2, 0.25) is 11.8 Å². The van der Waals surface area contributed by atoms with Gasteiger partial charge in [-0.2, -0.15) is 0 Å². The number of carbonyl (C=O) groups excluding carboxylic acids is 2. The second-order valence-corrected chi connectivity index (χ2v) is 7.90. The van der Waals surface area contributed by atoms with Crippen molar-refractivity contribution in [3.8, 4) is 0 Å². The Balaban J connectivity index is 1.47. The molecule has 2 atom stereocenters. The van der Waals surface area contributed by atoms with Crippen LogP contribution >= 0.6 is 0 Å². The third kappa shape index (κ3) is 4.51. The summed E-state index contributed by atoms with van der Waals surface area (Å²) in [4.78, 5) is 31.3. The van der Waals surface area contributed by atoms with E-state index >= 15 is 0 Å². The largest absolute Gasteiger partial charge is 0.379 e. The maximum absolute atomic E-state index is 12.9. The first-order chi connectivity index (χ1) is 12.0. The average molecular weight is 352 g/mol. The molecule has 0 bridgehead atoms. The van der Waals surface area contributed by atoms with E-state index in [0.717, 1.165) is 38.8 Å². The summed E-state index contributed by atoms with van der Waals surface area (Å²) in [6.45, 7) is 8.02. The summed E-state index contributed by atoms with van der Waals surface area (Å²) < 4.78 is 5.32. The van der Waals surface area contributed by atoms with Gasteiger partial charge >= 0.3 is 0 Å². The Labute approximate surface area is 150 Å². The standard InChI is InChI=1S/C18H32N4O3/c1-18(19)5-3-2-4-15(18)17(24)22-8-6-21(7-9-22)16(23)14-20-10-12-25-13-11-20/h15H,2-14,19H2,1H3. The molecule has 2 heterocycles. The van der Waals surface area contributed by atoms with E-state index in [0.29, 0.717) is 45.9 Å². The molecule has 0 radical (unpaired) electrons. The summed E-state index contributed by atoms with van der Waals surface area (Å²) in [5.74, 6) is 0.275. The molecule has 2 N–H and O–H groups in total. The first-order valence-corrected chi connectivity index (χ1v) is 9.63. The van der Waals surface area contributed by atoms with Crippen LogP contribution in [0, 0.1) is 5.92 Å². The van der Waals surface area contributed by atoms with Crippen LogP contribution in [0.15, 0.2) is 0 Å². The molecule has 1 saturated carbocycles. The van der Waals surface area contributed by atoms with Crippen LogP contribution in [0.3, 0.4) is 0 Å². The fraction of sp³-hybridized carbons (Fsp3) is 0.889. The third-order valence-corrected chi connectivity index (χ3v) is 5.96. The zero-order chi connectivity index (χ0) is 17.9. The van der Waals surface area contributed by atoms with E-state index in [4.69, 9.17) is 10.5 Å². The van der Waals surface area contributed by atoms with Crippen LogP contribution in [0.1, 0.15) is 32.6 Å². The monoisotopic (exact) mass is 352 g/mol. The molecule has 0 aromatic rings. The lowest BCUT2D eigenvalue weighted by Gasteiger charge is -2.42. The van der Waals surface area contributed by atoms with Gasteiger partial charge in [0.1, 0.15) is 0 Å². The summed E-state index contributed by atoms with van der Waals surface area (Å²) in [5.41, 5.74) is 5.99. The van der Waals surface area contributed by atoms with Gasteiger partial charge in [-0.1, -0.05) is 12.8 Å². The number of piperazine rings is 1. The molecule has 3 rings (SSSR count). The van der Waals surface area contributed by atoms with Gasteiger partial charge in [0.05, 0.1) is 25.7 Å². The highest BCUT2D eigenvalue weighted by molar-refractivity contribution is 5.81. The van der Waals surface area contributed by atoms with Crippen LogP contribution in [0.2, 0.25) is 0 Å². The molecule has 7 heteroatoms. The number of nitrogens with two attached hydrogens (primary N) is 1. The van der Waals surface area contributed by atoms with Gasteiger partial charge in [0.25, 0.3) is 0 Å². The van der Waals surface area contributed by atoms with Crippen molar-refractivity contribution in [2.75, 3.05) is 59.0 Å². The highest BCUT2D eigenvalue weighted by atomic mass is 16.5. The normalized spacial score (nSPS) is 31.8. The minimum Gasteiger partial charge on any atom is -0.379 e. The topological polar surface area (TPSA) is 79.1 Å². The summed E-state index contributed by atoms with van der Waals surface area (Å²) in [6, 6.07) is 0. The van der Waals surface area contributed by atoms with Gasteiger partial charge in [-0.15, -0.1) is 0 Å². The molecular weight excluding hydrogens is 320 g/mol. The quantitative estimate of drug-likeness (QED) is 0.767. The molecule has 2 aliphatic heterocycles. The molecule has 0 aromatic carbocycles. The second-order valence-electron chi connectivity index (χ2n) is 7.90. The average Bonchev–Trinajstić information content (AvgIpc) is 2.62. The van der Waals surface area contributed by atoms with E-state index in [9.17, 15) is 9.59 Å². The Morgan fingerprint density at radius 2 is 1.68 bits per heavy atom. The van der Waals surface area contributed by atoms with Crippen molar-refractivity contribution in [2.45, 2.75) is 38.1 Å². The molecule has 3 fully saturated rings. The molecule has 0 aromatic heterocycles. The minimum absolute atomic E-state index is 0.0724. The lowest BCUT2D eigenvalue weighted by molar-refractivity contribution is -0.145. The highest BCUT2D eigenvalue weighted by Crippen LogP contribution is 2.33. The van der Waals surface area contributed by atoms with Crippen LogP contribution < -0.4 is 5.73 Å². The first kappa shape index (κ1) is 18.6. The highest BCUT2D eigenvalue weighted by Gasteiger charge is 2.40. The number of carbonyl (C=O) groups is 2. The number of nitrogens with zero attached hydrogens (tertiary/aromatic N) is 3. The van der Waals surface area contributed by atoms with Crippen LogP contribution in [0.5, 0.6) is 0 Å². The van der Waals surface area contributed by atoms with Crippen molar-refractivity contribution < 1.29 is 14.3 Å².